The number of carbonyl (C=O) groups excluding carboxylic acids is 1. The summed E-state index contributed by atoms with van der Waals surface area (Å²) in [5.74, 6) is 0.549. The van der Waals surface area contributed by atoms with Gasteiger partial charge in [0.05, 0.1) is 6.42 Å². The maximum absolute atomic E-state index is 13.0. The first-order chi connectivity index (χ1) is 13.7. The van der Waals surface area contributed by atoms with Crippen LogP contribution in [-0.2, 0) is 16.0 Å². The minimum absolute atomic E-state index is 0.0533. The molecule has 2 aromatic rings. The monoisotopic (exact) mass is 377 g/mol. The van der Waals surface area contributed by atoms with Crippen molar-refractivity contribution in [2.24, 2.45) is 5.92 Å². The number of piperidine rings is 3. The molecule has 3 nitrogen and oxygen atoms in total. The van der Waals surface area contributed by atoms with Crippen LogP contribution in [0.3, 0.4) is 0 Å². The van der Waals surface area contributed by atoms with Gasteiger partial charge in [0.2, 0.25) is 0 Å². The molecule has 5 rings (SSSR count). The number of nitrogens with zero attached hydrogens (tertiary/aromatic N) is 1. The third-order valence-corrected chi connectivity index (χ3v) is 6.40. The summed E-state index contributed by atoms with van der Waals surface area (Å²) in [5.41, 5.74) is 3.80. The van der Waals surface area contributed by atoms with Crippen LogP contribution in [0.5, 0.6) is 0 Å². The van der Waals surface area contributed by atoms with Crippen LogP contribution in [0.4, 0.5) is 0 Å². The van der Waals surface area contributed by atoms with Crippen LogP contribution < -0.4 is 0 Å². The zero-order chi connectivity index (χ0) is 19.3. The quantitative estimate of drug-likeness (QED) is 0.649. The van der Waals surface area contributed by atoms with E-state index in [-0.39, 0.29) is 18.0 Å². The summed E-state index contributed by atoms with van der Waals surface area (Å²) >= 11 is 0. The Morgan fingerprint density at radius 3 is 2.46 bits per heavy atom. The summed E-state index contributed by atoms with van der Waals surface area (Å²) < 4.78 is 6.02. The molecule has 0 saturated carbocycles. The first-order valence-corrected chi connectivity index (χ1v) is 10.8. The van der Waals surface area contributed by atoms with Gasteiger partial charge in [-0.05, 0) is 55.0 Å². The zero-order valence-corrected chi connectivity index (χ0v) is 16.8. The summed E-state index contributed by atoms with van der Waals surface area (Å²) in [4.78, 5) is 15.4. The van der Waals surface area contributed by atoms with Gasteiger partial charge < -0.3 is 4.74 Å². The molecule has 3 heterocycles. The Hall–Kier alpha value is -2.13. The van der Waals surface area contributed by atoms with Gasteiger partial charge in [-0.25, -0.2) is 0 Å². The maximum Gasteiger partial charge on any atom is 0.307 e. The Kier molecular flexibility index (Phi) is 6.11. The van der Waals surface area contributed by atoms with Gasteiger partial charge in [0.1, 0.15) is 6.10 Å². The van der Waals surface area contributed by atoms with E-state index in [9.17, 15) is 4.79 Å². The first-order valence-electron chi connectivity index (χ1n) is 10.8. The number of ether oxygens (including phenoxy) is 1. The van der Waals surface area contributed by atoms with Crippen molar-refractivity contribution in [1.29, 1.82) is 0 Å². The van der Waals surface area contributed by atoms with Crippen molar-refractivity contribution in [1.82, 2.24) is 4.90 Å². The Balaban J connectivity index is 1.54. The summed E-state index contributed by atoms with van der Waals surface area (Å²) in [6, 6.07) is 19.0. The van der Waals surface area contributed by atoms with Crippen molar-refractivity contribution in [3.05, 3.63) is 71.3 Å². The minimum atomic E-state index is -0.0566. The van der Waals surface area contributed by atoms with Gasteiger partial charge in [-0.15, -0.1) is 0 Å². The van der Waals surface area contributed by atoms with Crippen molar-refractivity contribution in [3.63, 3.8) is 0 Å². The van der Waals surface area contributed by atoms with Gasteiger partial charge >= 0.3 is 5.97 Å². The Morgan fingerprint density at radius 2 is 1.79 bits per heavy atom. The van der Waals surface area contributed by atoms with E-state index in [2.05, 4.69) is 60.4 Å². The molecule has 0 radical (unpaired) electrons. The Labute approximate surface area is 168 Å². The van der Waals surface area contributed by atoms with Crippen molar-refractivity contribution >= 4 is 5.97 Å². The zero-order valence-electron chi connectivity index (χ0n) is 16.8. The Bertz CT molecular complexity index is 780. The van der Waals surface area contributed by atoms with E-state index in [1.165, 1.54) is 29.5 Å². The minimum Gasteiger partial charge on any atom is -0.461 e. The molecule has 3 fully saturated rings. The number of benzene rings is 2. The van der Waals surface area contributed by atoms with Crippen LogP contribution in [0, 0.1) is 5.92 Å². The molecule has 3 saturated heterocycles. The molecule has 2 aromatic carbocycles. The highest BCUT2D eigenvalue weighted by Crippen LogP contribution is 2.34. The molecule has 2 bridgehead atoms. The largest absolute Gasteiger partial charge is 0.461 e. The Morgan fingerprint density at radius 1 is 1.07 bits per heavy atom. The second kappa shape index (κ2) is 8.91. The summed E-state index contributed by atoms with van der Waals surface area (Å²) in [5, 5.41) is 0. The van der Waals surface area contributed by atoms with Gasteiger partial charge in [-0.2, -0.15) is 0 Å². The standard InChI is InChI=1S/C25H31NO2/c1-2-8-19-11-6-7-12-22(19)23(20-9-4-3-5-10-20)17-25(27)28-24-18-26-15-13-21(24)14-16-26/h3-7,9-12,21,23-24H,2,8,13-18H2,1H3/t23-,24-/m0/s1. The molecule has 2 atom stereocenters. The number of hydrogen-bond acceptors (Lipinski definition) is 3. The molecule has 3 aliphatic heterocycles. The lowest BCUT2D eigenvalue weighted by Crippen LogP contribution is -2.52. The molecule has 0 unspecified atom stereocenters. The highest BCUT2D eigenvalue weighted by atomic mass is 16.5. The number of esters is 1. The predicted molar refractivity (Wildman–Crippen MR) is 112 cm³/mol. The second-order valence-electron chi connectivity index (χ2n) is 8.28. The molecule has 0 aromatic heterocycles. The van der Waals surface area contributed by atoms with Crippen LogP contribution in [0.1, 0.15) is 55.2 Å². The van der Waals surface area contributed by atoms with E-state index in [1.807, 2.05) is 6.07 Å². The van der Waals surface area contributed by atoms with E-state index >= 15 is 0 Å². The molecule has 3 heteroatoms. The molecule has 28 heavy (non-hydrogen) atoms. The van der Waals surface area contributed by atoms with Crippen molar-refractivity contribution < 1.29 is 9.53 Å². The molecular formula is C25H31NO2. The van der Waals surface area contributed by atoms with Crippen LogP contribution in [0.2, 0.25) is 0 Å². The highest BCUT2D eigenvalue weighted by molar-refractivity contribution is 5.72. The summed E-state index contributed by atoms with van der Waals surface area (Å²) in [6.07, 6.45) is 4.96. The van der Waals surface area contributed by atoms with Crippen molar-refractivity contribution in [2.45, 2.75) is 51.0 Å². The van der Waals surface area contributed by atoms with Gasteiger partial charge in [0, 0.05) is 12.5 Å². The van der Waals surface area contributed by atoms with E-state index < -0.39 is 0 Å². The van der Waals surface area contributed by atoms with Gasteiger partial charge in [0.15, 0.2) is 0 Å². The fourth-order valence-electron chi connectivity index (χ4n) is 4.89. The van der Waals surface area contributed by atoms with E-state index in [1.54, 1.807) is 0 Å². The van der Waals surface area contributed by atoms with Crippen LogP contribution in [0.15, 0.2) is 54.6 Å². The maximum atomic E-state index is 13.0. The molecule has 0 N–H and O–H groups in total. The third-order valence-electron chi connectivity index (χ3n) is 6.40. The average Bonchev–Trinajstić information content (AvgIpc) is 2.74. The number of fused-ring (bicyclic) bond motifs is 3. The second-order valence-corrected chi connectivity index (χ2v) is 8.28. The van der Waals surface area contributed by atoms with Crippen LogP contribution in [-0.4, -0.2) is 36.6 Å². The lowest BCUT2D eigenvalue weighted by atomic mass is 9.84. The first kappa shape index (κ1) is 19.2. The smallest absolute Gasteiger partial charge is 0.307 e. The fourth-order valence-corrected chi connectivity index (χ4v) is 4.89. The van der Waals surface area contributed by atoms with Crippen molar-refractivity contribution in [3.8, 4) is 0 Å². The fraction of sp³-hybridized carbons (Fsp3) is 0.480. The number of aryl methyl sites for hydroxylation is 1. The van der Waals surface area contributed by atoms with Gasteiger partial charge in [0.25, 0.3) is 0 Å². The number of hydrogen-bond donors (Lipinski definition) is 0. The summed E-state index contributed by atoms with van der Waals surface area (Å²) in [7, 11) is 0. The molecular weight excluding hydrogens is 346 g/mol. The van der Waals surface area contributed by atoms with E-state index in [4.69, 9.17) is 4.74 Å². The number of carbonyl (C=O) groups is 1. The molecule has 0 aliphatic carbocycles. The number of rotatable bonds is 7. The SMILES string of the molecule is CCCc1ccccc1[C@@H](CC(=O)O[C@H]1CN2CCC1CC2)c1ccccc1. The van der Waals surface area contributed by atoms with Crippen LogP contribution >= 0.6 is 0 Å². The normalized spacial score (nSPS) is 24.7. The van der Waals surface area contributed by atoms with Gasteiger partial charge in [-0.3, -0.25) is 9.69 Å². The lowest BCUT2D eigenvalue weighted by molar-refractivity contribution is -0.159. The average molecular weight is 378 g/mol. The molecule has 148 valence electrons. The van der Waals surface area contributed by atoms with E-state index in [0.717, 1.165) is 32.5 Å². The molecule has 0 amide bonds. The van der Waals surface area contributed by atoms with E-state index in [0.29, 0.717) is 12.3 Å². The lowest BCUT2D eigenvalue weighted by Gasteiger charge is -2.44. The van der Waals surface area contributed by atoms with Gasteiger partial charge in [-0.1, -0.05) is 67.9 Å². The summed E-state index contributed by atoms with van der Waals surface area (Å²) in [6.45, 7) is 5.44. The third kappa shape index (κ3) is 4.30. The highest BCUT2D eigenvalue weighted by Gasteiger charge is 2.36. The molecule has 0 spiro atoms. The van der Waals surface area contributed by atoms with Crippen molar-refractivity contribution in [2.75, 3.05) is 19.6 Å². The topological polar surface area (TPSA) is 29.5 Å². The van der Waals surface area contributed by atoms with Crippen LogP contribution in [0.25, 0.3) is 0 Å². The predicted octanol–water partition coefficient (Wildman–Crippen LogP) is 4.80. The molecule has 3 aliphatic rings.